The predicted octanol–water partition coefficient (Wildman–Crippen LogP) is 4.64. The molecule has 0 saturated heterocycles. The lowest BCUT2D eigenvalue weighted by Gasteiger charge is -2.09. The van der Waals surface area contributed by atoms with Gasteiger partial charge in [0.15, 0.2) is 0 Å². The maximum atomic E-state index is 6.18. The van der Waals surface area contributed by atoms with Crippen LogP contribution in [0.4, 0.5) is 0 Å². The van der Waals surface area contributed by atoms with E-state index in [2.05, 4.69) is 22.4 Å². The molecule has 0 radical (unpaired) electrons. The molecule has 1 heterocycles. The maximum absolute atomic E-state index is 6.18. The van der Waals surface area contributed by atoms with Crippen molar-refractivity contribution in [2.24, 2.45) is 0 Å². The molecule has 22 heavy (non-hydrogen) atoms. The summed E-state index contributed by atoms with van der Waals surface area (Å²) in [6.45, 7) is 2.14. The molecule has 114 valence electrons. The number of benzene rings is 2. The Hall–Kier alpha value is -1.68. The number of halogens is 2. The Balaban J connectivity index is 1.56. The van der Waals surface area contributed by atoms with Crippen molar-refractivity contribution in [2.75, 3.05) is 13.2 Å². The summed E-state index contributed by atoms with van der Waals surface area (Å²) in [6.07, 6.45) is 1.72. The van der Waals surface area contributed by atoms with E-state index in [0.29, 0.717) is 16.7 Å². The van der Waals surface area contributed by atoms with E-state index < -0.39 is 0 Å². The Morgan fingerprint density at radius 2 is 1.82 bits per heavy atom. The summed E-state index contributed by atoms with van der Waals surface area (Å²) >= 11 is 12.3. The quantitative estimate of drug-likeness (QED) is 0.644. The zero-order valence-electron chi connectivity index (χ0n) is 11.9. The molecule has 0 bridgehead atoms. The van der Waals surface area contributed by atoms with Crippen LogP contribution in [0, 0.1) is 0 Å². The second kappa shape index (κ2) is 7.05. The van der Waals surface area contributed by atoms with Crippen molar-refractivity contribution in [3.63, 3.8) is 0 Å². The minimum Gasteiger partial charge on any atom is -0.492 e. The van der Waals surface area contributed by atoms with Gasteiger partial charge in [-0.15, -0.1) is 0 Å². The molecule has 2 N–H and O–H groups in total. The summed E-state index contributed by atoms with van der Waals surface area (Å²) in [7, 11) is 0. The fourth-order valence-corrected chi connectivity index (χ4v) is 2.78. The number of aromatic amines is 1. The maximum Gasteiger partial charge on any atom is 0.130 e. The van der Waals surface area contributed by atoms with Gasteiger partial charge >= 0.3 is 0 Å². The van der Waals surface area contributed by atoms with E-state index in [1.165, 1.54) is 5.56 Å². The molecule has 0 unspecified atom stereocenters. The molecule has 5 heteroatoms. The number of ether oxygens (including phenoxy) is 1. The topological polar surface area (TPSA) is 37.0 Å². The monoisotopic (exact) mass is 334 g/mol. The third-order valence-corrected chi connectivity index (χ3v) is 4.02. The van der Waals surface area contributed by atoms with Gasteiger partial charge in [0.25, 0.3) is 0 Å². The van der Waals surface area contributed by atoms with Crippen LogP contribution in [0.5, 0.6) is 5.75 Å². The highest BCUT2D eigenvalue weighted by Crippen LogP contribution is 2.35. The van der Waals surface area contributed by atoms with Crippen LogP contribution in [0.25, 0.3) is 10.9 Å². The van der Waals surface area contributed by atoms with Crippen molar-refractivity contribution in [3.05, 3.63) is 64.3 Å². The molecule has 0 saturated carbocycles. The smallest absolute Gasteiger partial charge is 0.130 e. The summed E-state index contributed by atoms with van der Waals surface area (Å²) in [4.78, 5) is 3.06. The van der Waals surface area contributed by atoms with Crippen molar-refractivity contribution in [2.45, 2.75) is 6.54 Å². The lowest BCUT2D eigenvalue weighted by molar-refractivity contribution is 0.317. The second-order valence-corrected chi connectivity index (χ2v) is 5.76. The van der Waals surface area contributed by atoms with Gasteiger partial charge < -0.3 is 15.0 Å². The number of hydrogen-bond acceptors (Lipinski definition) is 2. The van der Waals surface area contributed by atoms with Crippen LogP contribution in [0.2, 0.25) is 10.0 Å². The van der Waals surface area contributed by atoms with Crippen LogP contribution < -0.4 is 10.1 Å². The number of nitrogens with one attached hydrogen (secondary N) is 2. The molecular weight excluding hydrogens is 319 g/mol. The van der Waals surface area contributed by atoms with Crippen molar-refractivity contribution >= 4 is 34.1 Å². The van der Waals surface area contributed by atoms with Crippen molar-refractivity contribution in [3.8, 4) is 5.75 Å². The molecule has 1 aromatic heterocycles. The molecule has 0 amide bonds. The number of fused-ring (bicyclic) bond motifs is 1. The number of rotatable bonds is 6. The fraction of sp³-hybridized carbons (Fsp3) is 0.176. The van der Waals surface area contributed by atoms with Gasteiger partial charge in [0.1, 0.15) is 12.4 Å². The van der Waals surface area contributed by atoms with E-state index in [1.54, 1.807) is 6.20 Å². The SMILES string of the molecule is Clc1ccc(OCCNCc2ccccc2)c2c(Cl)c[nH]c12. The first-order valence-corrected chi connectivity index (χ1v) is 7.84. The lowest BCUT2D eigenvalue weighted by atomic mass is 10.2. The highest BCUT2D eigenvalue weighted by atomic mass is 35.5. The fourth-order valence-electron chi connectivity index (χ4n) is 2.33. The average Bonchev–Trinajstić information content (AvgIpc) is 2.93. The predicted molar refractivity (Wildman–Crippen MR) is 92.0 cm³/mol. The minimum absolute atomic E-state index is 0.561. The molecule has 0 spiro atoms. The van der Waals surface area contributed by atoms with Gasteiger partial charge in [-0.25, -0.2) is 0 Å². The van der Waals surface area contributed by atoms with E-state index in [9.17, 15) is 0 Å². The van der Waals surface area contributed by atoms with Crippen LogP contribution in [-0.2, 0) is 6.54 Å². The molecule has 2 aromatic carbocycles. The molecule has 3 nitrogen and oxygen atoms in total. The van der Waals surface area contributed by atoms with Gasteiger partial charge in [-0.1, -0.05) is 53.5 Å². The van der Waals surface area contributed by atoms with Gasteiger partial charge in [0.2, 0.25) is 0 Å². The first kappa shape index (κ1) is 15.2. The molecule has 0 fully saturated rings. The Morgan fingerprint density at radius 1 is 1.00 bits per heavy atom. The lowest BCUT2D eigenvalue weighted by Crippen LogP contribution is -2.20. The third kappa shape index (κ3) is 3.38. The average molecular weight is 335 g/mol. The standard InChI is InChI=1S/C17H16Cl2N2O/c18-13-6-7-15(16-14(19)11-21-17(13)16)22-9-8-20-10-12-4-2-1-3-5-12/h1-7,11,20-21H,8-10H2. The van der Waals surface area contributed by atoms with Crippen molar-refractivity contribution in [1.29, 1.82) is 0 Å². The number of H-pyrrole nitrogens is 1. The summed E-state index contributed by atoms with van der Waals surface area (Å²) in [5.74, 6) is 0.743. The van der Waals surface area contributed by atoms with E-state index in [0.717, 1.165) is 29.7 Å². The van der Waals surface area contributed by atoms with E-state index >= 15 is 0 Å². The molecule has 0 aliphatic carbocycles. The first-order chi connectivity index (χ1) is 10.8. The van der Waals surface area contributed by atoms with E-state index in [4.69, 9.17) is 27.9 Å². The van der Waals surface area contributed by atoms with Crippen molar-refractivity contribution < 1.29 is 4.74 Å². The van der Waals surface area contributed by atoms with Gasteiger partial charge in [0.05, 0.1) is 20.9 Å². The Kier molecular flexibility index (Phi) is 4.88. The molecule has 3 aromatic rings. The number of aromatic nitrogens is 1. The normalized spacial score (nSPS) is 11.0. The summed E-state index contributed by atoms with van der Waals surface area (Å²) in [5, 5.41) is 5.43. The van der Waals surface area contributed by atoms with Crippen LogP contribution in [0.3, 0.4) is 0 Å². The van der Waals surface area contributed by atoms with Gasteiger partial charge in [-0.2, -0.15) is 0 Å². The molecule has 3 rings (SSSR count). The highest BCUT2D eigenvalue weighted by molar-refractivity contribution is 6.40. The van der Waals surface area contributed by atoms with E-state index in [-0.39, 0.29) is 0 Å². The summed E-state index contributed by atoms with van der Waals surface area (Å²) in [6, 6.07) is 13.9. The molecule has 0 aliphatic rings. The largest absolute Gasteiger partial charge is 0.492 e. The van der Waals surface area contributed by atoms with Gasteiger partial charge in [-0.3, -0.25) is 0 Å². The van der Waals surface area contributed by atoms with Gasteiger partial charge in [0, 0.05) is 19.3 Å². The Labute approximate surface area is 139 Å². The van der Waals surface area contributed by atoms with E-state index in [1.807, 2.05) is 30.3 Å². The van der Waals surface area contributed by atoms with Crippen molar-refractivity contribution in [1.82, 2.24) is 10.3 Å². The zero-order valence-corrected chi connectivity index (χ0v) is 13.4. The molecule has 0 atom stereocenters. The van der Waals surface area contributed by atoms with Crippen LogP contribution >= 0.6 is 23.2 Å². The van der Waals surface area contributed by atoms with Crippen LogP contribution in [0.15, 0.2) is 48.7 Å². The number of hydrogen-bond donors (Lipinski definition) is 2. The second-order valence-electron chi connectivity index (χ2n) is 4.94. The highest BCUT2D eigenvalue weighted by Gasteiger charge is 2.11. The molecule has 0 aliphatic heterocycles. The van der Waals surface area contributed by atoms with Gasteiger partial charge in [-0.05, 0) is 17.7 Å². The van der Waals surface area contributed by atoms with Crippen LogP contribution in [0.1, 0.15) is 5.56 Å². The third-order valence-electron chi connectivity index (χ3n) is 3.41. The summed E-state index contributed by atoms with van der Waals surface area (Å²) in [5.41, 5.74) is 2.06. The Bertz CT molecular complexity index is 756. The molecular formula is C17H16Cl2N2O. The van der Waals surface area contributed by atoms with Crippen LogP contribution in [-0.4, -0.2) is 18.1 Å². The Morgan fingerprint density at radius 3 is 2.64 bits per heavy atom. The first-order valence-electron chi connectivity index (χ1n) is 7.08. The summed E-state index contributed by atoms with van der Waals surface area (Å²) < 4.78 is 5.83. The minimum atomic E-state index is 0.561. The zero-order chi connectivity index (χ0) is 15.4.